The number of hydrogen-bond donors (Lipinski definition) is 2. The Morgan fingerprint density at radius 3 is 2.75 bits per heavy atom. The normalized spacial score (nSPS) is 30.2. The van der Waals surface area contributed by atoms with E-state index in [1.807, 2.05) is 13.1 Å². The van der Waals surface area contributed by atoms with Crippen molar-refractivity contribution >= 4 is 0 Å². The Morgan fingerprint density at radius 2 is 2.06 bits per heavy atom. The molecule has 1 fully saturated rings. The number of aliphatic hydroxyl groups is 1. The van der Waals surface area contributed by atoms with Crippen LogP contribution in [0.2, 0.25) is 0 Å². The molecule has 0 bridgehead atoms. The molecular formula is C14H21NO. The first kappa shape index (κ1) is 11.6. The zero-order valence-electron chi connectivity index (χ0n) is 9.95. The summed E-state index contributed by atoms with van der Waals surface area (Å²) in [5, 5.41) is 13.8. The van der Waals surface area contributed by atoms with Gasteiger partial charge in [0, 0.05) is 12.5 Å². The summed E-state index contributed by atoms with van der Waals surface area (Å²) in [6.45, 7) is 0.687. The molecule has 0 aliphatic heterocycles. The van der Waals surface area contributed by atoms with Gasteiger partial charge in [0.05, 0.1) is 5.60 Å². The summed E-state index contributed by atoms with van der Waals surface area (Å²) in [6.07, 6.45) is 4.38. The van der Waals surface area contributed by atoms with Gasteiger partial charge in [-0.25, -0.2) is 0 Å². The van der Waals surface area contributed by atoms with Crippen LogP contribution in [-0.2, 0) is 0 Å². The molecule has 1 aliphatic carbocycles. The zero-order chi connectivity index (χ0) is 11.4. The third kappa shape index (κ3) is 2.28. The summed E-state index contributed by atoms with van der Waals surface area (Å²) < 4.78 is 0. The first-order chi connectivity index (χ1) is 7.76. The second-order valence-corrected chi connectivity index (χ2v) is 4.84. The molecule has 0 aromatic heterocycles. The molecule has 1 aromatic carbocycles. The van der Waals surface area contributed by atoms with E-state index in [1.54, 1.807) is 0 Å². The topological polar surface area (TPSA) is 32.3 Å². The minimum Gasteiger partial charge on any atom is -0.388 e. The number of rotatable bonds is 3. The van der Waals surface area contributed by atoms with E-state index < -0.39 is 5.60 Å². The van der Waals surface area contributed by atoms with E-state index in [-0.39, 0.29) is 5.92 Å². The fourth-order valence-electron chi connectivity index (χ4n) is 2.90. The van der Waals surface area contributed by atoms with Crippen LogP contribution < -0.4 is 5.32 Å². The molecule has 2 atom stereocenters. The number of nitrogens with one attached hydrogen (secondary N) is 1. The summed E-state index contributed by atoms with van der Waals surface area (Å²) >= 11 is 0. The SMILES string of the molecule is CNCC1(O)CCCCC1c1ccccc1. The second kappa shape index (κ2) is 4.98. The first-order valence-corrected chi connectivity index (χ1v) is 6.18. The van der Waals surface area contributed by atoms with Crippen molar-refractivity contribution < 1.29 is 5.11 Å². The monoisotopic (exact) mass is 219 g/mol. The van der Waals surface area contributed by atoms with Gasteiger partial charge in [-0.15, -0.1) is 0 Å². The predicted molar refractivity (Wildman–Crippen MR) is 66.5 cm³/mol. The Hall–Kier alpha value is -0.860. The van der Waals surface area contributed by atoms with Crippen molar-refractivity contribution in [3.8, 4) is 0 Å². The fraction of sp³-hybridized carbons (Fsp3) is 0.571. The largest absolute Gasteiger partial charge is 0.388 e. The van der Waals surface area contributed by atoms with E-state index in [2.05, 4.69) is 29.6 Å². The van der Waals surface area contributed by atoms with Gasteiger partial charge in [-0.05, 0) is 25.5 Å². The minimum atomic E-state index is -0.561. The predicted octanol–water partition coefficient (Wildman–Crippen LogP) is 2.29. The molecule has 2 rings (SSSR count). The van der Waals surface area contributed by atoms with Crippen LogP contribution in [0.4, 0.5) is 0 Å². The van der Waals surface area contributed by atoms with E-state index >= 15 is 0 Å². The van der Waals surface area contributed by atoms with Gasteiger partial charge in [0.1, 0.15) is 0 Å². The lowest BCUT2D eigenvalue weighted by Gasteiger charge is -2.40. The maximum Gasteiger partial charge on any atom is 0.0839 e. The quantitative estimate of drug-likeness (QED) is 0.817. The van der Waals surface area contributed by atoms with Crippen LogP contribution >= 0.6 is 0 Å². The Morgan fingerprint density at radius 1 is 1.31 bits per heavy atom. The Labute approximate surface area is 97.7 Å². The average Bonchev–Trinajstić information content (AvgIpc) is 2.31. The number of likely N-dealkylation sites (N-methyl/N-ethyl adjacent to an activating group) is 1. The van der Waals surface area contributed by atoms with Crippen LogP contribution in [0, 0.1) is 0 Å². The minimum absolute atomic E-state index is 0.287. The lowest BCUT2D eigenvalue weighted by molar-refractivity contribution is -0.0144. The highest BCUT2D eigenvalue weighted by molar-refractivity contribution is 5.24. The van der Waals surface area contributed by atoms with Crippen molar-refractivity contribution in [1.29, 1.82) is 0 Å². The Kier molecular flexibility index (Phi) is 3.62. The molecule has 1 aliphatic rings. The summed E-state index contributed by atoms with van der Waals surface area (Å²) in [5.74, 6) is 0.287. The standard InChI is InChI=1S/C14H21NO/c1-15-11-14(16)10-6-5-9-13(14)12-7-3-2-4-8-12/h2-4,7-8,13,15-16H,5-6,9-11H2,1H3. The van der Waals surface area contributed by atoms with E-state index in [9.17, 15) is 5.11 Å². The number of benzene rings is 1. The van der Waals surface area contributed by atoms with Crippen molar-refractivity contribution in [2.24, 2.45) is 0 Å². The number of hydrogen-bond acceptors (Lipinski definition) is 2. The third-order valence-electron chi connectivity index (χ3n) is 3.69. The average molecular weight is 219 g/mol. The van der Waals surface area contributed by atoms with Crippen LogP contribution in [0.15, 0.2) is 30.3 Å². The molecule has 0 heterocycles. The van der Waals surface area contributed by atoms with Crippen LogP contribution in [0.5, 0.6) is 0 Å². The molecule has 16 heavy (non-hydrogen) atoms. The molecule has 0 radical (unpaired) electrons. The van der Waals surface area contributed by atoms with Crippen LogP contribution in [0.25, 0.3) is 0 Å². The third-order valence-corrected chi connectivity index (χ3v) is 3.69. The molecule has 1 aromatic rings. The lowest BCUT2D eigenvalue weighted by atomic mass is 9.72. The van der Waals surface area contributed by atoms with E-state index in [0.29, 0.717) is 6.54 Å². The van der Waals surface area contributed by atoms with Gasteiger partial charge in [-0.3, -0.25) is 0 Å². The summed E-state index contributed by atoms with van der Waals surface area (Å²) in [5.41, 5.74) is 0.717. The highest BCUT2D eigenvalue weighted by atomic mass is 16.3. The van der Waals surface area contributed by atoms with E-state index in [4.69, 9.17) is 0 Å². The molecule has 2 heteroatoms. The van der Waals surface area contributed by atoms with E-state index in [1.165, 1.54) is 12.0 Å². The Bertz CT molecular complexity index is 321. The van der Waals surface area contributed by atoms with E-state index in [0.717, 1.165) is 19.3 Å². The van der Waals surface area contributed by atoms with Gasteiger partial charge in [0.25, 0.3) is 0 Å². The van der Waals surface area contributed by atoms with Gasteiger partial charge >= 0.3 is 0 Å². The molecule has 2 N–H and O–H groups in total. The zero-order valence-corrected chi connectivity index (χ0v) is 9.95. The smallest absolute Gasteiger partial charge is 0.0839 e. The van der Waals surface area contributed by atoms with Crippen LogP contribution in [0.3, 0.4) is 0 Å². The molecule has 0 amide bonds. The second-order valence-electron chi connectivity index (χ2n) is 4.84. The summed E-state index contributed by atoms with van der Waals surface area (Å²) in [7, 11) is 1.91. The first-order valence-electron chi connectivity index (χ1n) is 6.18. The molecule has 0 spiro atoms. The highest BCUT2D eigenvalue weighted by Gasteiger charge is 2.38. The van der Waals surface area contributed by atoms with Crippen LogP contribution in [0.1, 0.15) is 37.2 Å². The van der Waals surface area contributed by atoms with Crippen molar-refractivity contribution in [3.05, 3.63) is 35.9 Å². The highest BCUT2D eigenvalue weighted by Crippen LogP contribution is 2.40. The molecule has 1 saturated carbocycles. The van der Waals surface area contributed by atoms with Crippen molar-refractivity contribution in [3.63, 3.8) is 0 Å². The molecule has 0 saturated heterocycles. The molecule has 2 unspecified atom stereocenters. The van der Waals surface area contributed by atoms with Crippen molar-refractivity contribution in [1.82, 2.24) is 5.32 Å². The maximum atomic E-state index is 10.7. The van der Waals surface area contributed by atoms with Gasteiger partial charge in [-0.2, -0.15) is 0 Å². The van der Waals surface area contributed by atoms with Gasteiger partial charge in [-0.1, -0.05) is 43.2 Å². The summed E-state index contributed by atoms with van der Waals surface area (Å²) in [6, 6.07) is 10.4. The molecular weight excluding hydrogens is 198 g/mol. The lowest BCUT2D eigenvalue weighted by Crippen LogP contribution is -2.46. The fourth-order valence-corrected chi connectivity index (χ4v) is 2.90. The molecule has 88 valence electrons. The Balaban J connectivity index is 2.23. The van der Waals surface area contributed by atoms with Gasteiger partial charge < -0.3 is 10.4 Å². The van der Waals surface area contributed by atoms with Crippen molar-refractivity contribution in [2.45, 2.75) is 37.2 Å². The summed E-state index contributed by atoms with van der Waals surface area (Å²) in [4.78, 5) is 0. The van der Waals surface area contributed by atoms with Gasteiger partial charge in [0.2, 0.25) is 0 Å². The maximum absolute atomic E-state index is 10.7. The van der Waals surface area contributed by atoms with Gasteiger partial charge in [0.15, 0.2) is 0 Å². The van der Waals surface area contributed by atoms with Crippen molar-refractivity contribution in [2.75, 3.05) is 13.6 Å². The van der Waals surface area contributed by atoms with Crippen LogP contribution in [-0.4, -0.2) is 24.3 Å². The molecule has 2 nitrogen and oxygen atoms in total.